The van der Waals surface area contributed by atoms with Crippen LogP contribution in [0.4, 0.5) is 5.69 Å². The summed E-state index contributed by atoms with van der Waals surface area (Å²) in [5.41, 5.74) is 7.84. The van der Waals surface area contributed by atoms with Crippen LogP contribution in [-0.2, 0) is 15.9 Å². The van der Waals surface area contributed by atoms with Gasteiger partial charge in [-0.3, -0.25) is 4.90 Å². The number of aryl methyl sites for hydroxylation is 1. The van der Waals surface area contributed by atoms with Gasteiger partial charge in [-0.25, -0.2) is 0 Å². The average molecular weight is 266 g/mol. The summed E-state index contributed by atoms with van der Waals surface area (Å²) in [4.78, 5) is 2.38. The number of nitrogens with zero attached hydrogens (tertiary/aromatic N) is 1. The van der Waals surface area contributed by atoms with E-state index in [1.807, 2.05) is 12.1 Å². The normalized spacial score (nSPS) is 11.1. The van der Waals surface area contributed by atoms with Crippen molar-refractivity contribution in [3.05, 3.63) is 29.8 Å². The second-order valence-corrected chi connectivity index (χ2v) is 4.67. The molecule has 0 aliphatic heterocycles. The number of nitrogens with two attached hydrogens (primary N) is 1. The molecule has 0 bridgehead atoms. The Kier molecular flexibility index (Phi) is 8.21. The number of benzene rings is 1. The molecule has 0 aliphatic carbocycles. The maximum Gasteiger partial charge on any atom is 0.0589 e. The lowest BCUT2D eigenvalue weighted by Gasteiger charge is -2.21. The number of rotatable bonds is 10. The molecule has 0 radical (unpaired) electrons. The van der Waals surface area contributed by atoms with Crippen LogP contribution >= 0.6 is 0 Å². The molecule has 0 aromatic heterocycles. The van der Waals surface area contributed by atoms with Crippen molar-refractivity contribution in [2.24, 2.45) is 0 Å². The standard InChI is InChI=1S/C15H26N2O2/c1-18-12-10-17(11-13-19-2)9-3-4-14-5-7-15(16)8-6-14/h5-8H,3-4,9-13,16H2,1-2H3. The van der Waals surface area contributed by atoms with E-state index in [1.165, 1.54) is 5.56 Å². The Labute approximate surface area is 116 Å². The fourth-order valence-corrected chi connectivity index (χ4v) is 1.97. The molecular weight excluding hydrogens is 240 g/mol. The third kappa shape index (κ3) is 7.15. The second kappa shape index (κ2) is 9.78. The van der Waals surface area contributed by atoms with Crippen LogP contribution in [0.3, 0.4) is 0 Å². The molecule has 4 nitrogen and oxygen atoms in total. The van der Waals surface area contributed by atoms with E-state index in [9.17, 15) is 0 Å². The van der Waals surface area contributed by atoms with Crippen molar-refractivity contribution < 1.29 is 9.47 Å². The Bertz CT molecular complexity index is 319. The Hall–Kier alpha value is -1.10. The summed E-state index contributed by atoms with van der Waals surface area (Å²) in [5.74, 6) is 0. The lowest BCUT2D eigenvalue weighted by atomic mass is 10.1. The van der Waals surface area contributed by atoms with Gasteiger partial charge in [0.05, 0.1) is 13.2 Å². The van der Waals surface area contributed by atoms with Gasteiger partial charge >= 0.3 is 0 Å². The quantitative estimate of drug-likeness (QED) is 0.656. The minimum atomic E-state index is 0.769. The van der Waals surface area contributed by atoms with Crippen LogP contribution in [0.1, 0.15) is 12.0 Å². The van der Waals surface area contributed by atoms with Crippen LogP contribution in [0, 0.1) is 0 Å². The summed E-state index contributed by atoms with van der Waals surface area (Å²) < 4.78 is 10.3. The van der Waals surface area contributed by atoms with E-state index >= 15 is 0 Å². The third-order valence-electron chi connectivity index (χ3n) is 3.14. The first-order valence-corrected chi connectivity index (χ1v) is 6.81. The van der Waals surface area contributed by atoms with Crippen LogP contribution in [0.25, 0.3) is 0 Å². The fraction of sp³-hybridized carbons (Fsp3) is 0.600. The zero-order valence-electron chi connectivity index (χ0n) is 12.1. The maximum absolute atomic E-state index is 5.68. The SMILES string of the molecule is COCCN(CCCc1ccc(N)cc1)CCOC. The number of methoxy groups -OCH3 is 2. The van der Waals surface area contributed by atoms with E-state index in [1.54, 1.807) is 14.2 Å². The predicted octanol–water partition coefficient (Wildman–Crippen LogP) is 1.80. The van der Waals surface area contributed by atoms with Crippen LogP contribution < -0.4 is 5.73 Å². The first-order valence-electron chi connectivity index (χ1n) is 6.81. The van der Waals surface area contributed by atoms with Crippen LogP contribution in [0.2, 0.25) is 0 Å². The highest BCUT2D eigenvalue weighted by Gasteiger charge is 2.04. The molecule has 0 unspecified atom stereocenters. The van der Waals surface area contributed by atoms with Gasteiger partial charge in [0.2, 0.25) is 0 Å². The fourth-order valence-electron chi connectivity index (χ4n) is 1.97. The number of ether oxygens (including phenoxy) is 2. The van der Waals surface area contributed by atoms with E-state index in [4.69, 9.17) is 15.2 Å². The summed E-state index contributed by atoms with van der Waals surface area (Å²) >= 11 is 0. The third-order valence-corrected chi connectivity index (χ3v) is 3.14. The molecule has 0 atom stereocenters. The molecule has 108 valence electrons. The molecule has 0 saturated carbocycles. The minimum absolute atomic E-state index is 0.769. The second-order valence-electron chi connectivity index (χ2n) is 4.67. The summed E-state index contributed by atoms with van der Waals surface area (Å²) in [6.07, 6.45) is 2.22. The molecule has 0 heterocycles. The summed E-state index contributed by atoms with van der Waals surface area (Å²) in [6, 6.07) is 8.12. The Morgan fingerprint density at radius 3 is 2.05 bits per heavy atom. The molecule has 0 amide bonds. The highest BCUT2D eigenvalue weighted by atomic mass is 16.5. The molecule has 1 aromatic carbocycles. The molecule has 1 aromatic rings. The highest BCUT2D eigenvalue weighted by molar-refractivity contribution is 5.39. The van der Waals surface area contributed by atoms with Crippen molar-refractivity contribution in [1.29, 1.82) is 0 Å². The van der Waals surface area contributed by atoms with E-state index in [0.717, 1.165) is 51.4 Å². The first-order chi connectivity index (χ1) is 9.26. The smallest absolute Gasteiger partial charge is 0.0589 e. The van der Waals surface area contributed by atoms with Crippen LogP contribution in [0.5, 0.6) is 0 Å². The van der Waals surface area contributed by atoms with Gasteiger partial charge in [0.1, 0.15) is 0 Å². The van der Waals surface area contributed by atoms with E-state index in [2.05, 4.69) is 17.0 Å². The lowest BCUT2D eigenvalue weighted by Crippen LogP contribution is -2.31. The Balaban J connectivity index is 2.27. The molecule has 0 aliphatic rings. The molecule has 0 spiro atoms. The highest BCUT2D eigenvalue weighted by Crippen LogP contribution is 2.08. The van der Waals surface area contributed by atoms with Crippen LogP contribution in [0.15, 0.2) is 24.3 Å². The first kappa shape index (κ1) is 16.0. The molecular formula is C15H26N2O2. The molecule has 0 fully saturated rings. The van der Waals surface area contributed by atoms with Gasteiger partial charge in [-0.15, -0.1) is 0 Å². The van der Waals surface area contributed by atoms with E-state index < -0.39 is 0 Å². The Morgan fingerprint density at radius 2 is 1.53 bits per heavy atom. The number of anilines is 1. The molecule has 4 heteroatoms. The van der Waals surface area contributed by atoms with Gasteiger partial charge in [-0.1, -0.05) is 12.1 Å². The Morgan fingerprint density at radius 1 is 0.947 bits per heavy atom. The van der Waals surface area contributed by atoms with E-state index in [0.29, 0.717) is 0 Å². The zero-order chi connectivity index (χ0) is 13.9. The average Bonchev–Trinajstić information content (AvgIpc) is 2.43. The van der Waals surface area contributed by atoms with Gasteiger partial charge < -0.3 is 15.2 Å². The van der Waals surface area contributed by atoms with Gasteiger partial charge in [0, 0.05) is 33.0 Å². The summed E-state index contributed by atoms with van der Waals surface area (Å²) in [7, 11) is 3.48. The van der Waals surface area contributed by atoms with Crippen molar-refractivity contribution >= 4 is 5.69 Å². The monoisotopic (exact) mass is 266 g/mol. The number of nitrogen functional groups attached to an aromatic ring is 1. The van der Waals surface area contributed by atoms with E-state index in [-0.39, 0.29) is 0 Å². The van der Waals surface area contributed by atoms with Gasteiger partial charge in [0.25, 0.3) is 0 Å². The van der Waals surface area contributed by atoms with Gasteiger partial charge in [-0.05, 0) is 37.1 Å². The largest absolute Gasteiger partial charge is 0.399 e. The predicted molar refractivity (Wildman–Crippen MR) is 79.4 cm³/mol. The van der Waals surface area contributed by atoms with Crippen molar-refractivity contribution in [1.82, 2.24) is 4.90 Å². The van der Waals surface area contributed by atoms with Crippen molar-refractivity contribution in [2.45, 2.75) is 12.8 Å². The van der Waals surface area contributed by atoms with Gasteiger partial charge in [0.15, 0.2) is 0 Å². The number of hydrogen-bond donors (Lipinski definition) is 1. The summed E-state index contributed by atoms with van der Waals surface area (Å²) in [5, 5.41) is 0. The maximum atomic E-state index is 5.68. The van der Waals surface area contributed by atoms with Crippen molar-refractivity contribution in [3.63, 3.8) is 0 Å². The zero-order valence-corrected chi connectivity index (χ0v) is 12.1. The lowest BCUT2D eigenvalue weighted by molar-refractivity contribution is 0.113. The summed E-state index contributed by atoms with van der Waals surface area (Å²) in [6.45, 7) is 4.53. The van der Waals surface area contributed by atoms with Crippen LogP contribution in [-0.4, -0.2) is 52.0 Å². The molecule has 2 N–H and O–H groups in total. The number of hydrogen-bond acceptors (Lipinski definition) is 4. The minimum Gasteiger partial charge on any atom is -0.399 e. The molecule has 19 heavy (non-hydrogen) atoms. The molecule has 0 saturated heterocycles. The van der Waals surface area contributed by atoms with Crippen molar-refractivity contribution in [2.75, 3.05) is 52.8 Å². The molecule has 1 rings (SSSR count). The van der Waals surface area contributed by atoms with Crippen molar-refractivity contribution in [3.8, 4) is 0 Å². The topological polar surface area (TPSA) is 47.7 Å². The van der Waals surface area contributed by atoms with Gasteiger partial charge in [-0.2, -0.15) is 0 Å².